The Morgan fingerprint density at radius 3 is 2.47 bits per heavy atom. The molecule has 2 nitrogen and oxygen atoms in total. The van der Waals surface area contributed by atoms with Crippen molar-refractivity contribution in [2.75, 3.05) is 24.5 Å². The summed E-state index contributed by atoms with van der Waals surface area (Å²) in [5, 5.41) is 3.53. The molecular weight excluding hydrogens is 232 g/mol. The Bertz CT molecular complexity index is 419. The van der Waals surface area contributed by atoms with Crippen molar-refractivity contribution in [3.63, 3.8) is 0 Å². The lowest BCUT2D eigenvalue weighted by Crippen LogP contribution is -2.28. The standard InChI is InChI=1S/C17H26N2/c1-4-17(18-5-2)15-6-8-16(9-7-15)19-12-10-14(3)11-13-19/h6-10,17-18H,4-5,11-13H2,1-3H3. The van der Waals surface area contributed by atoms with Crippen molar-refractivity contribution in [1.82, 2.24) is 5.32 Å². The van der Waals surface area contributed by atoms with Crippen LogP contribution in [-0.2, 0) is 0 Å². The maximum absolute atomic E-state index is 3.53. The van der Waals surface area contributed by atoms with E-state index in [2.05, 4.69) is 61.3 Å². The molecule has 1 atom stereocenters. The van der Waals surface area contributed by atoms with E-state index in [1.165, 1.54) is 23.2 Å². The maximum Gasteiger partial charge on any atom is 0.0369 e. The van der Waals surface area contributed by atoms with Crippen LogP contribution in [0, 0.1) is 0 Å². The summed E-state index contributed by atoms with van der Waals surface area (Å²) in [6.45, 7) is 9.85. The second-order valence-corrected chi connectivity index (χ2v) is 5.36. The topological polar surface area (TPSA) is 15.3 Å². The zero-order valence-corrected chi connectivity index (χ0v) is 12.4. The van der Waals surface area contributed by atoms with E-state index in [0.717, 1.165) is 26.1 Å². The van der Waals surface area contributed by atoms with Crippen LogP contribution in [-0.4, -0.2) is 19.6 Å². The van der Waals surface area contributed by atoms with Gasteiger partial charge in [0, 0.05) is 24.8 Å². The molecule has 1 aromatic carbocycles. The molecule has 0 amide bonds. The van der Waals surface area contributed by atoms with Crippen LogP contribution in [0.5, 0.6) is 0 Å². The minimum atomic E-state index is 0.488. The first kappa shape index (κ1) is 14.1. The number of hydrogen-bond acceptors (Lipinski definition) is 2. The van der Waals surface area contributed by atoms with Gasteiger partial charge in [0.2, 0.25) is 0 Å². The third-order valence-corrected chi connectivity index (χ3v) is 3.96. The molecule has 0 aromatic heterocycles. The van der Waals surface area contributed by atoms with Gasteiger partial charge in [0.15, 0.2) is 0 Å². The monoisotopic (exact) mass is 258 g/mol. The van der Waals surface area contributed by atoms with Crippen LogP contribution in [0.4, 0.5) is 5.69 Å². The average Bonchev–Trinajstić information content (AvgIpc) is 2.46. The normalized spacial score (nSPS) is 17.2. The summed E-state index contributed by atoms with van der Waals surface area (Å²) in [6.07, 6.45) is 4.67. The van der Waals surface area contributed by atoms with Crippen LogP contribution in [0.2, 0.25) is 0 Å². The molecule has 1 heterocycles. The summed E-state index contributed by atoms with van der Waals surface area (Å²) in [6, 6.07) is 9.57. The van der Waals surface area contributed by atoms with Gasteiger partial charge in [-0.3, -0.25) is 0 Å². The molecule has 0 saturated carbocycles. The molecule has 1 unspecified atom stereocenters. The molecular formula is C17H26N2. The van der Waals surface area contributed by atoms with Crippen molar-refractivity contribution in [3.8, 4) is 0 Å². The lowest BCUT2D eigenvalue weighted by atomic mass is 10.0. The van der Waals surface area contributed by atoms with Gasteiger partial charge in [-0.1, -0.05) is 37.6 Å². The van der Waals surface area contributed by atoms with Gasteiger partial charge in [-0.25, -0.2) is 0 Å². The van der Waals surface area contributed by atoms with Gasteiger partial charge in [0.25, 0.3) is 0 Å². The Balaban J connectivity index is 2.05. The number of anilines is 1. The first-order valence-corrected chi connectivity index (χ1v) is 7.48. The SMILES string of the molecule is CCNC(CC)c1ccc(N2CC=C(C)CC2)cc1. The summed E-state index contributed by atoms with van der Waals surface area (Å²) in [5.41, 5.74) is 4.27. The van der Waals surface area contributed by atoms with Crippen LogP contribution in [0.3, 0.4) is 0 Å². The Morgan fingerprint density at radius 1 is 1.21 bits per heavy atom. The molecule has 1 N–H and O–H groups in total. The average molecular weight is 258 g/mol. The van der Waals surface area contributed by atoms with E-state index in [4.69, 9.17) is 0 Å². The molecule has 104 valence electrons. The van der Waals surface area contributed by atoms with E-state index >= 15 is 0 Å². The van der Waals surface area contributed by atoms with E-state index in [9.17, 15) is 0 Å². The highest BCUT2D eigenvalue weighted by Crippen LogP contribution is 2.23. The van der Waals surface area contributed by atoms with E-state index in [-0.39, 0.29) is 0 Å². The first-order chi connectivity index (χ1) is 9.24. The molecule has 0 fully saturated rings. The van der Waals surface area contributed by atoms with Crippen LogP contribution >= 0.6 is 0 Å². The van der Waals surface area contributed by atoms with Crippen molar-refractivity contribution in [2.24, 2.45) is 0 Å². The van der Waals surface area contributed by atoms with Crippen LogP contribution in [0.25, 0.3) is 0 Å². The van der Waals surface area contributed by atoms with Gasteiger partial charge in [0.05, 0.1) is 0 Å². The molecule has 0 radical (unpaired) electrons. The summed E-state index contributed by atoms with van der Waals surface area (Å²) in [5.74, 6) is 0. The van der Waals surface area contributed by atoms with Crippen LogP contribution in [0.15, 0.2) is 35.9 Å². The minimum absolute atomic E-state index is 0.488. The molecule has 0 bridgehead atoms. The van der Waals surface area contributed by atoms with Crippen molar-refractivity contribution in [1.29, 1.82) is 0 Å². The molecule has 1 aliphatic heterocycles. The largest absolute Gasteiger partial charge is 0.367 e. The van der Waals surface area contributed by atoms with Gasteiger partial charge in [-0.05, 0) is 44.0 Å². The zero-order valence-electron chi connectivity index (χ0n) is 12.4. The molecule has 0 aliphatic carbocycles. The molecule has 19 heavy (non-hydrogen) atoms. The van der Waals surface area contributed by atoms with Crippen molar-refractivity contribution < 1.29 is 0 Å². The van der Waals surface area contributed by atoms with Crippen molar-refractivity contribution in [2.45, 2.75) is 39.7 Å². The van der Waals surface area contributed by atoms with E-state index in [1.807, 2.05) is 0 Å². The lowest BCUT2D eigenvalue weighted by molar-refractivity contribution is 0.537. The molecule has 1 aliphatic rings. The number of nitrogens with one attached hydrogen (secondary N) is 1. The summed E-state index contributed by atoms with van der Waals surface area (Å²) in [7, 11) is 0. The smallest absolute Gasteiger partial charge is 0.0369 e. The van der Waals surface area contributed by atoms with Gasteiger partial charge < -0.3 is 10.2 Å². The van der Waals surface area contributed by atoms with Crippen LogP contribution < -0.4 is 10.2 Å². The van der Waals surface area contributed by atoms with Gasteiger partial charge in [-0.2, -0.15) is 0 Å². The third kappa shape index (κ3) is 3.60. The zero-order chi connectivity index (χ0) is 13.7. The fourth-order valence-corrected chi connectivity index (χ4v) is 2.67. The minimum Gasteiger partial charge on any atom is -0.367 e. The highest BCUT2D eigenvalue weighted by Gasteiger charge is 2.11. The Labute approximate surface area is 117 Å². The van der Waals surface area contributed by atoms with Gasteiger partial charge in [-0.15, -0.1) is 0 Å². The fourth-order valence-electron chi connectivity index (χ4n) is 2.67. The lowest BCUT2D eigenvalue weighted by Gasteiger charge is -2.28. The van der Waals surface area contributed by atoms with Gasteiger partial charge >= 0.3 is 0 Å². The molecule has 0 saturated heterocycles. The molecule has 0 spiro atoms. The number of rotatable bonds is 5. The quantitative estimate of drug-likeness (QED) is 0.806. The Kier molecular flexibility index (Phi) is 5.03. The summed E-state index contributed by atoms with van der Waals surface area (Å²) >= 11 is 0. The predicted molar refractivity (Wildman–Crippen MR) is 83.7 cm³/mol. The molecule has 2 rings (SSSR count). The maximum atomic E-state index is 3.53. The number of benzene rings is 1. The molecule has 1 aromatic rings. The third-order valence-electron chi connectivity index (χ3n) is 3.96. The summed E-state index contributed by atoms with van der Waals surface area (Å²) < 4.78 is 0. The Hall–Kier alpha value is -1.28. The van der Waals surface area contributed by atoms with Crippen molar-refractivity contribution >= 4 is 5.69 Å². The van der Waals surface area contributed by atoms with E-state index in [0.29, 0.717) is 6.04 Å². The highest BCUT2D eigenvalue weighted by atomic mass is 15.1. The summed E-state index contributed by atoms with van der Waals surface area (Å²) in [4.78, 5) is 2.45. The van der Waals surface area contributed by atoms with Gasteiger partial charge in [0.1, 0.15) is 0 Å². The van der Waals surface area contributed by atoms with E-state index in [1.54, 1.807) is 0 Å². The number of hydrogen-bond donors (Lipinski definition) is 1. The highest BCUT2D eigenvalue weighted by molar-refractivity contribution is 5.49. The first-order valence-electron chi connectivity index (χ1n) is 7.48. The second-order valence-electron chi connectivity index (χ2n) is 5.36. The second kappa shape index (κ2) is 6.76. The Morgan fingerprint density at radius 2 is 1.95 bits per heavy atom. The fraction of sp³-hybridized carbons (Fsp3) is 0.529. The number of nitrogens with zero attached hydrogens (tertiary/aromatic N) is 1. The predicted octanol–water partition coefficient (Wildman–Crippen LogP) is 3.90. The van der Waals surface area contributed by atoms with Crippen LogP contribution in [0.1, 0.15) is 45.2 Å². The van der Waals surface area contributed by atoms with E-state index < -0.39 is 0 Å². The van der Waals surface area contributed by atoms with Crippen molar-refractivity contribution in [3.05, 3.63) is 41.5 Å². The molecule has 2 heteroatoms.